The lowest BCUT2D eigenvalue weighted by atomic mass is 10.3. The predicted octanol–water partition coefficient (Wildman–Crippen LogP) is 0.707. The second-order valence-electron chi connectivity index (χ2n) is 2.85. The van der Waals surface area contributed by atoms with Crippen molar-refractivity contribution in [2.45, 2.75) is 0 Å². The third kappa shape index (κ3) is 2.21. The number of amidine groups is 2. The molecule has 0 spiro atoms. The van der Waals surface area contributed by atoms with Crippen LogP contribution in [0.5, 0.6) is 0 Å². The molecule has 2 N–H and O–H groups in total. The summed E-state index contributed by atoms with van der Waals surface area (Å²) in [6, 6.07) is 9.54. The molecular weight excluding hydrogens is 212 g/mol. The summed E-state index contributed by atoms with van der Waals surface area (Å²) < 4.78 is 18.7. The zero-order valence-corrected chi connectivity index (χ0v) is 8.91. The van der Waals surface area contributed by atoms with Crippen LogP contribution in [0.15, 0.2) is 39.1 Å². The normalized spacial score (nSPS) is 19.4. The van der Waals surface area contributed by atoms with Crippen molar-refractivity contribution >= 4 is 28.5 Å². The Labute approximate surface area is 90.1 Å². The maximum absolute atomic E-state index is 11.1. The summed E-state index contributed by atoms with van der Waals surface area (Å²) in [6.45, 7) is 0. The second-order valence-corrected chi connectivity index (χ2v) is 3.68. The van der Waals surface area contributed by atoms with Crippen LogP contribution < -0.4 is 10.6 Å². The Kier molecular flexibility index (Phi) is 2.77. The van der Waals surface area contributed by atoms with E-state index in [1.54, 1.807) is 7.05 Å². The average molecular weight is 222 g/mol. The predicted molar refractivity (Wildman–Crippen MR) is 62.1 cm³/mol. The van der Waals surface area contributed by atoms with Gasteiger partial charge in [-0.25, -0.2) is 4.21 Å². The first kappa shape index (κ1) is 9.85. The Bertz CT molecular complexity index is 441. The van der Waals surface area contributed by atoms with Crippen LogP contribution in [0, 0.1) is 0 Å². The zero-order chi connectivity index (χ0) is 10.7. The molecule has 0 bridgehead atoms. The molecule has 1 aliphatic heterocycles. The summed E-state index contributed by atoms with van der Waals surface area (Å²) in [4.78, 5) is 0. The lowest BCUT2D eigenvalue weighted by Gasteiger charge is -2.06. The SMILES string of the molecule is CNC1=NS(=O)N=C1Nc1ccccc1. The Balaban J connectivity index is 2.17. The molecule has 1 atom stereocenters. The molecule has 1 aromatic carbocycles. The van der Waals surface area contributed by atoms with Crippen LogP contribution in [0.2, 0.25) is 0 Å². The molecule has 5 nitrogen and oxygen atoms in total. The minimum Gasteiger partial charge on any atom is -0.369 e. The second kappa shape index (κ2) is 4.22. The number of nitrogens with zero attached hydrogens (tertiary/aromatic N) is 2. The number of hydrogen-bond acceptors (Lipinski definition) is 3. The first-order chi connectivity index (χ1) is 7.29. The first-order valence-corrected chi connectivity index (χ1v) is 5.45. The summed E-state index contributed by atoms with van der Waals surface area (Å²) in [6.07, 6.45) is 0. The highest BCUT2D eigenvalue weighted by Crippen LogP contribution is 2.08. The number of likely N-dealkylation sites (N-methyl/N-ethyl adjacent to an activating group) is 1. The number of anilines is 1. The molecule has 0 aliphatic carbocycles. The molecule has 1 unspecified atom stereocenters. The summed E-state index contributed by atoms with van der Waals surface area (Å²) in [5, 5.41) is 5.86. The van der Waals surface area contributed by atoms with Crippen molar-refractivity contribution < 1.29 is 4.21 Å². The van der Waals surface area contributed by atoms with Crippen LogP contribution >= 0.6 is 0 Å². The molecule has 6 heteroatoms. The quantitative estimate of drug-likeness (QED) is 0.735. The van der Waals surface area contributed by atoms with E-state index in [4.69, 9.17) is 0 Å². The van der Waals surface area contributed by atoms with E-state index < -0.39 is 11.2 Å². The topological polar surface area (TPSA) is 65.8 Å². The molecule has 0 aromatic heterocycles. The monoisotopic (exact) mass is 222 g/mol. The summed E-state index contributed by atoms with van der Waals surface area (Å²) >= 11 is -1.51. The van der Waals surface area contributed by atoms with E-state index in [0.717, 1.165) is 5.69 Å². The van der Waals surface area contributed by atoms with E-state index in [1.807, 2.05) is 30.3 Å². The fourth-order valence-electron chi connectivity index (χ4n) is 1.17. The van der Waals surface area contributed by atoms with Gasteiger partial charge in [0.1, 0.15) is 0 Å². The fourth-order valence-corrected chi connectivity index (χ4v) is 1.83. The smallest absolute Gasteiger partial charge is 0.269 e. The van der Waals surface area contributed by atoms with Crippen molar-refractivity contribution in [2.24, 2.45) is 8.80 Å². The van der Waals surface area contributed by atoms with Gasteiger partial charge in [-0.15, -0.1) is 8.80 Å². The Morgan fingerprint density at radius 1 is 1.13 bits per heavy atom. The Morgan fingerprint density at radius 3 is 2.47 bits per heavy atom. The number of hydrogen-bond donors (Lipinski definition) is 2. The lowest BCUT2D eigenvalue weighted by molar-refractivity contribution is 0.686. The van der Waals surface area contributed by atoms with E-state index in [1.165, 1.54) is 0 Å². The molecule has 0 saturated heterocycles. The Hall–Kier alpha value is -1.69. The average Bonchev–Trinajstić information content (AvgIpc) is 2.60. The van der Waals surface area contributed by atoms with Gasteiger partial charge in [0.2, 0.25) is 0 Å². The molecule has 15 heavy (non-hydrogen) atoms. The highest BCUT2D eigenvalue weighted by Gasteiger charge is 2.17. The molecule has 1 aliphatic rings. The number of rotatable bonds is 1. The molecule has 1 aromatic rings. The molecule has 0 fully saturated rings. The van der Waals surface area contributed by atoms with Crippen molar-refractivity contribution in [1.29, 1.82) is 0 Å². The molecule has 0 amide bonds. The van der Waals surface area contributed by atoms with Crippen molar-refractivity contribution in [3.8, 4) is 0 Å². The molecular formula is C9H10N4OS. The van der Waals surface area contributed by atoms with Gasteiger partial charge in [0.05, 0.1) is 0 Å². The van der Waals surface area contributed by atoms with Crippen molar-refractivity contribution in [2.75, 3.05) is 12.4 Å². The number of benzene rings is 1. The van der Waals surface area contributed by atoms with E-state index >= 15 is 0 Å². The van der Waals surface area contributed by atoms with Crippen molar-refractivity contribution in [1.82, 2.24) is 5.32 Å². The van der Waals surface area contributed by atoms with Crippen LogP contribution in [0.25, 0.3) is 0 Å². The van der Waals surface area contributed by atoms with Gasteiger partial charge < -0.3 is 10.6 Å². The standard InChI is InChI=1S/C9H10N4OS/c1-10-8-9(13-15(14)12-8)11-7-5-3-2-4-6-7/h2-6H,1H3,(H,10,12)(H,11,13). The van der Waals surface area contributed by atoms with Gasteiger partial charge in [0, 0.05) is 12.7 Å². The van der Waals surface area contributed by atoms with Crippen LogP contribution in [0.1, 0.15) is 0 Å². The highest BCUT2D eigenvalue weighted by atomic mass is 32.2. The minimum atomic E-state index is -1.51. The van der Waals surface area contributed by atoms with Crippen LogP contribution in [-0.2, 0) is 11.2 Å². The van der Waals surface area contributed by atoms with Gasteiger partial charge >= 0.3 is 0 Å². The number of nitrogens with one attached hydrogen (secondary N) is 2. The molecule has 2 rings (SSSR count). The highest BCUT2D eigenvalue weighted by molar-refractivity contribution is 7.83. The molecule has 1 heterocycles. The lowest BCUT2D eigenvalue weighted by Crippen LogP contribution is -2.31. The summed E-state index contributed by atoms with van der Waals surface area (Å²) in [7, 11) is 1.71. The van der Waals surface area contributed by atoms with E-state index in [0.29, 0.717) is 11.7 Å². The molecule has 0 radical (unpaired) electrons. The molecule has 78 valence electrons. The van der Waals surface area contributed by atoms with Crippen LogP contribution in [0.3, 0.4) is 0 Å². The van der Waals surface area contributed by atoms with Crippen molar-refractivity contribution in [3.05, 3.63) is 30.3 Å². The third-order valence-corrected chi connectivity index (χ3v) is 2.51. The fraction of sp³-hybridized carbons (Fsp3) is 0.111. The van der Waals surface area contributed by atoms with Gasteiger partial charge in [-0.3, -0.25) is 0 Å². The summed E-state index contributed by atoms with van der Waals surface area (Å²) in [5.74, 6) is 1.01. The van der Waals surface area contributed by atoms with Gasteiger partial charge in [-0.05, 0) is 12.1 Å². The summed E-state index contributed by atoms with van der Waals surface area (Å²) in [5.41, 5.74) is 0.887. The van der Waals surface area contributed by atoms with Crippen molar-refractivity contribution in [3.63, 3.8) is 0 Å². The van der Waals surface area contributed by atoms with Gasteiger partial charge in [-0.2, -0.15) is 0 Å². The van der Waals surface area contributed by atoms with Gasteiger partial charge in [0.25, 0.3) is 11.2 Å². The van der Waals surface area contributed by atoms with Crippen LogP contribution in [0.4, 0.5) is 5.69 Å². The zero-order valence-electron chi connectivity index (χ0n) is 8.10. The first-order valence-electron chi connectivity index (χ1n) is 4.39. The van der Waals surface area contributed by atoms with E-state index in [9.17, 15) is 4.21 Å². The van der Waals surface area contributed by atoms with E-state index in [-0.39, 0.29) is 0 Å². The van der Waals surface area contributed by atoms with E-state index in [2.05, 4.69) is 19.4 Å². The Morgan fingerprint density at radius 2 is 1.80 bits per heavy atom. The minimum absolute atomic E-state index is 0.502. The maximum atomic E-state index is 11.1. The third-order valence-electron chi connectivity index (χ3n) is 1.84. The largest absolute Gasteiger partial charge is 0.369 e. The maximum Gasteiger partial charge on any atom is 0.269 e. The number of para-hydroxylation sites is 1. The molecule has 0 saturated carbocycles. The van der Waals surface area contributed by atoms with Gasteiger partial charge in [0.15, 0.2) is 11.7 Å². The van der Waals surface area contributed by atoms with Gasteiger partial charge in [-0.1, -0.05) is 18.2 Å². The van der Waals surface area contributed by atoms with Crippen LogP contribution in [-0.4, -0.2) is 22.9 Å².